The molecular formula is C15H18N2O3. The summed E-state index contributed by atoms with van der Waals surface area (Å²) >= 11 is 0. The lowest BCUT2D eigenvalue weighted by Gasteiger charge is -2.32. The molecule has 1 atom stereocenters. The third-order valence-electron chi connectivity index (χ3n) is 3.68. The van der Waals surface area contributed by atoms with Gasteiger partial charge in [-0.1, -0.05) is 19.1 Å². The van der Waals surface area contributed by atoms with Gasteiger partial charge in [0.15, 0.2) is 0 Å². The van der Waals surface area contributed by atoms with E-state index in [1.807, 2.05) is 31.2 Å². The first-order chi connectivity index (χ1) is 9.52. The molecule has 1 aromatic rings. The molecule has 1 fully saturated rings. The molecule has 0 aliphatic carbocycles. The predicted octanol–water partition coefficient (Wildman–Crippen LogP) is 1.18. The third kappa shape index (κ3) is 2.87. The third-order valence-corrected chi connectivity index (χ3v) is 3.68. The van der Waals surface area contributed by atoms with Gasteiger partial charge in [-0.25, -0.2) is 0 Å². The number of benzene rings is 1. The molecular weight excluding hydrogens is 256 g/mol. The summed E-state index contributed by atoms with van der Waals surface area (Å²) < 4.78 is 0. The number of nitrogens with zero attached hydrogens (tertiary/aromatic N) is 2. The van der Waals surface area contributed by atoms with Crippen LogP contribution in [0.3, 0.4) is 0 Å². The summed E-state index contributed by atoms with van der Waals surface area (Å²) in [7, 11) is 1.51. The van der Waals surface area contributed by atoms with Crippen LogP contribution in [0.5, 0.6) is 0 Å². The van der Waals surface area contributed by atoms with Crippen molar-refractivity contribution in [1.82, 2.24) is 4.90 Å². The maximum absolute atomic E-state index is 11.7. The van der Waals surface area contributed by atoms with Crippen LogP contribution in [0.2, 0.25) is 0 Å². The number of piperazine rings is 1. The number of hydrogen-bond donors (Lipinski definition) is 0. The SMILES string of the molecule is CC(CC=O)c1ccc(N2CC(=O)N(C)C(=O)C2)cc1. The summed E-state index contributed by atoms with van der Waals surface area (Å²) in [6.45, 7) is 2.42. The normalized spacial score (nSPS) is 17.3. The predicted molar refractivity (Wildman–Crippen MR) is 75.5 cm³/mol. The molecule has 0 spiro atoms. The highest BCUT2D eigenvalue weighted by Gasteiger charge is 2.28. The van der Waals surface area contributed by atoms with E-state index in [-0.39, 0.29) is 30.8 Å². The summed E-state index contributed by atoms with van der Waals surface area (Å²) in [6.07, 6.45) is 1.40. The fraction of sp³-hybridized carbons (Fsp3) is 0.400. The molecule has 1 aromatic carbocycles. The quantitative estimate of drug-likeness (QED) is 0.611. The number of imide groups is 1. The van der Waals surface area contributed by atoms with Crippen LogP contribution in [0.1, 0.15) is 24.8 Å². The Labute approximate surface area is 118 Å². The van der Waals surface area contributed by atoms with Crippen LogP contribution in [-0.4, -0.2) is 43.1 Å². The molecule has 5 nitrogen and oxygen atoms in total. The molecule has 0 radical (unpaired) electrons. The van der Waals surface area contributed by atoms with Crippen LogP contribution in [-0.2, 0) is 14.4 Å². The summed E-state index contributed by atoms with van der Waals surface area (Å²) in [5.74, 6) is -0.211. The Morgan fingerprint density at radius 2 is 1.70 bits per heavy atom. The Morgan fingerprint density at radius 3 is 2.20 bits per heavy atom. The largest absolute Gasteiger partial charge is 0.353 e. The second kappa shape index (κ2) is 5.86. The lowest BCUT2D eigenvalue weighted by molar-refractivity contribution is -0.143. The minimum atomic E-state index is -0.195. The first-order valence-corrected chi connectivity index (χ1v) is 6.61. The molecule has 0 saturated carbocycles. The average molecular weight is 274 g/mol. The van der Waals surface area contributed by atoms with E-state index < -0.39 is 0 Å². The van der Waals surface area contributed by atoms with Gasteiger partial charge in [0, 0.05) is 19.2 Å². The highest BCUT2D eigenvalue weighted by molar-refractivity contribution is 6.02. The van der Waals surface area contributed by atoms with E-state index in [0.29, 0.717) is 6.42 Å². The Bertz CT molecular complexity index is 506. The molecule has 2 rings (SSSR count). The topological polar surface area (TPSA) is 57.7 Å². The molecule has 1 aliphatic heterocycles. The molecule has 2 amide bonds. The zero-order valence-corrected chi connectivity index (χ0v) is 11.7. The summed E-state index contributed by atoms with van der Waals surface area (Å²) in [5.41, 5.74) is 1.93. The van der Waals surface area contributed by atoms with Crippen LogP contribution in [0.15, 0.2) is 24.3 Å². The van der Waals surface area contributed by atoms with Crippen LogP contribution < -0.4 is 4.90 Å². The van der Waals surface area contributed by atoms with Crippen LogP contribution in [0.4, 0.5) is 5.69 Å². The second-order valence-corrected chi connectivity index (χ2v) is 5.10. The van der Waals surface area contributed by atoms with Crippen molar-refractivity contribution in [2.24, 2.45) is 0 Å². The van der Waals surface area contributed by atoms with E-state index in [4.69, 9.17) is 0 Å². The van der Waals surface area contributed by atoms with Crippen molar-refractivity contribution >= 4 is 23.8 Å². The number of likely N-dealkylation sites (N-methyl/N-ethyl adjacent to an activating group) is 1. The Kier molecular flexibility index (Phi) is 4.17. The number of aldehydes is 1. The van der Waals surface area contributed by atoms with Crippen LogP contribution in [0, 0.1) is 0 Å². The number of anilines is 1. The van der Waals surface area contributed by atoms with E-state index in [2.05, 4.69) is 0 Å². The number of carbonyl (C=O) groups is 3. The van der Waals surface area contributed by atoms with Gasteiger partial charge >= 0.3 is 0 Å². The van der Waals surface area contributed by atoms with Crippen molar-refractivity contribution in [1.29, 1.82) is 0 Å². The first-order valence-electron chi connectivity index (χ1n) is 6.61. The highest BCUT2D eigenvalue weighted by Crippen LogP contribution is 2.23. The van der Waals surface area contributed by atoms with Crippen molar-refractivity contribution in [2.45, 2.75) is 19.3 Å². The monoisotopic (exact) mass is 274 g/mol. The molecule has 5 heteroatoms. The van der Waals surface area contributed by atoms with Crippen LogP contribution in [0.25, 0.3) is 0 Å². The van der Waals surface area contributed by atoms with Gasteiger partial charge in [0.25, 0.3) is 0 Å². The van der Waals surface area contributed by atoms with Gasteiger partial charge in [0.2, 0.25) is 11.8 Å². The molecule has 1 saturated heterocycles. The maximum Gasteiger partial charge on any atom is 0.248 e. The van der Waals surface area contributed by atoms with E-state index in [0.717, 1.165) is 22.4 Å². The minimum Gasteiger partial charge on any atom is -0.353 e. The molecule has 106 valence electrons. The lowest BCUT2D eigenvalue weighted by Crippen LogP contribution is -2.52. The van der Waals surface area contributed by atoms with E-state index in [1.165, 1.54) is 7.05 Å². The standard InChI is InChI=1S/C15H18N2O3/c1-11(7-8-18)12-3-5-13(6-4-12)17-9-14(19)16(2)15(20)10-17/h3-6,8,11H,7,9-10H2,1-2H3. The number of rotatable bonds is 4. The van der Waals surface area contributed by atoms with Crippen molar-refractivity contribution in [3.8, 4) is 0 Å². The molecule has 20 heavy (non-hydrogen) atoms. The van der Waals surface area contributed by atoms with E-state index >= 15 is 0 Å². The molecule has 1 heterocycles. The van der Waals surface area contributed by atoms with E-state index in [1.54, 1.807) is 4.90 Å². The van der Waals surface area contributed by atoms with Gasteiger partial charge in [-0.05, 0) is 23.6 Å². The second-order valence-electron chi connectivity index (χ2n) is 5.10. The number of hydrogen-bond acceptors (Lipinski definition) is 4. The maximum atomic E-state index is 11.7. The average Bonchev–Trinajstić information content (AvgIpc) is 2.44. The molecule has 1 unspecified atom stereocenters. The van der Waals surface area contributed by atoms with Gasteiger partial charge in [0.1, 0.15) is 6.29 Å². The fourth-order valence-electron chi connectivity index (χ4n) is 2.21. The zero-order valence-electron chi connectivity index (χ0n) is 11.7. The van der Waals surface area contributed by atoms with Gasteiger partial charge in [0.05, 0.1) is 13.1 Å². The summed E-state index contributed by atoms with van der Waals surface area (Å²) in [4.78, 5) is 36.8. The summed E-state index contributed by atoms with van der Waals surface area (Å²) in [6, 6.07) is 7.67. The zero-order chi connectivity index (χ0) is 14.7. The van der Waals surface area contributed by atoms with Gasteiger partial charge < -0.3 is 9.69 Å². The number of carbonyl (C=O) groups excluding carboxylic acids is 3. The lowest BCUT2D eigenvalue weighted by atomic mass is 9.98. The van der Waals surface area contributed by atoms with Gasteiger partial charge in [-0.15, -0.1) is 0 Å². The minimum absolute atomic E-state index is 0.178. The molecule has 0 bridgehead atoms. The smallest absolute Gasteiger partial charge is 0.248 e. The van der Waals surface area contributed by atoms with Crippen LogP contribution >= 0.6 is 0 Å². The molecule has 0 aromatic heterocycles. The molecule has 1 aliphatic rings. The fourth-order valence-corrected chi connectivity index (χ4v) is 2.21. The van der Waals surface area contributed by atoms with Crippen molar-refractivity contribution in [3.63, 3.8) is 0 Å². The number of amides is 2. The van der Waals surface area contributed by atoms with E-state index in [9.17, 15) is 14.4 Å². The summed E-state index contributed by atoms with van der Waals surface area (Å²) in [5, 5.41) is 0. The van der Waals surface area contributed by atoms with Gasteiger partial charge in [-0.3, -0.25) is 14.5 Å². The first kappa shape index (κ1) is 14.2. The van der Waals surface area contributed by atoms with Crippen molar-refractivity contribution in [3.05, 3.63) is 29.8 Å². The Hall–Kier alpha value is -2.17. The molecule has 0 N–H and O–H groups in total. The van der Waals surface area contributed by atoms with Crippen molar-refractivity contribution < 1.29 is 14.4 Å². The highest BCUT2D eigenvalue weighted by atomic mass is 16.2. The van der Waals surface area contributed by atoms with Crippen molar-refractivity contribution in [2.75, 3.05) is 25.0 Å². The Balaban J connectivity index is 2.12. The van der Waals surface area contributed by atoms with Gasteiger partial charge in [-0.2, -0.15) is 0 Å². The Morgan fingerprint density at radius 1 is 1.15 bits per heavy atom.